The van der Waals surface area contributed by atoms with Crippen molar-refractivity contribution in [3.8, 4) is 5.75 Å². The molecule has 0 bridgehead atoms. The summed E-state index contributed by atoms with van der Waals surface area (Å²) < 4.78 is 19.5. The van der Waals surface area contributed by atoms with E-state index in [1.807, 2.05) is 25.1 Å². The first kappa shape index (κ1) is 14.1. The highest BCUT2D eigenvalue weighted by molar-refractivity contribution is 14.1. The van der Waals surface area contributed by atoms with Crippen molar-refractivity contribution in [3.63, 3.8) is 0 Å². The Morgan fingerprint density at radius 1 is 1.21 bits per heavy atom. The Balaban J connectivity index is 2.18. The van der Waals surface area contributed by atoms with Gasteiger partial charge < -0.3 is 10.1 Å². The van der Waals surface area contributed by atoms with E-state index in [0.29, 0.717) is 0 Å². The minimum absolute atomic E-state index is 0.0766. The molecule has 0 saturated heterocycles. The first-order chi connectivity index (χ1) is 9.10. The van der Waals surface area contributed by atoms with Gasteiger partial charge >= 0.3 is 0 Å². The zero-order valence-electron chi connectivity index (χ0n) is 10.8. The number of benzene rings is 2. The van der Waals surface area contributed by atoms with Crippen LogP contribution < -0.4 is 10.1 Å². The van der Waals surface area contributed by atoms with E-state index >= 15 is 0 Å². The van der Waals surface area contributed by atoms with Gasteiger partial charge in [-0.3, -0.25) is 0 Å². The zero-order chi connectivity index (χ0) is 13.8. The molecule has 2 nitrogen and oxygen atoms in total. The summed E-state index contributed by atoms with van der Waals surface area (Å²) >= 11 is 2.27. The van der Waals surface area contributed by atoms with Gasteiger partial charge in [-0.15, -0.1) is 0 Å². The Hall–Kier alpha value is -1.30. The van der Waals surface area contributed by atoms with E-state index in [4.69, 9.17) is 4.74 Å². The maximum Gasteiger partial charge on any atom is 0.165 e. The molecule has 0 radical (unpaired) electrons. The first-order valence-electron chi connectivity index (χ1n) is 5.95. The fourth-order valence-corrected chi connectivity index (χ4v) is 2.40. The molecule has 1 unspecified atom stereocenters. The molecule has 19 heavy (non-hydrogen) atoms. The second-order valence-electron chi connectivity index (χ2n) is 4.27. The smallest absolute Gasteiger partial charge is 0.165 e. The Morgan fingerprint density at radius 2 is 2.00 bits per heavy atom. The molecule has 0 fully saturated rings. The van der Waals surface area contributed by atoms with Crippen LogP contribution in [-0.2, 0) is 0 Å². The summed E-state index contributed by atoms with van der Waals surface area (Å²) in [5.41, 5.74) is 2.03. The quantitative estimate of drug-likeness (QED) is 0.793. The monoisotopic (exact) mass is 371 g/mol. The second kappa shape index (κ2) is 6.23. The fraction of sp³-hybridized carbons (Fsp3) is 0.200. The fourth-order valence-electron chi connectivity index (χ4n) is 1.86. The third-order valence-corrected chi connectivity index (χ3v) is 3.55. The van der Waals surface area contributed by atoms with Crippen molar-refractivity contribution in [3.05, 3.63) is 57.4 Å². The summed E-state index contributed by atoms with van der Waals surface area (Å²) in [7, 11) is 1.47. The molecule has 0 spiro atoms. The van der Waals surface area contributed by atoms with E-state index in [9.17, 15) is 4.39 Å². The van der Waals surface area contributed by atoms with Crippen molar-refractivity contribution in [2.45, 2.75) is 13.0 Å². The van der Waals surface area contributed by atoms with E-state index in [1.165, 1.54) is 16.7 Å². The molecule has 2 rings (SSSR count). The molecule has 0 amide bonds. The molecule has 0 aliphatic carbocycles. The highest BCUT2D eigenvalue weighted by atomic mass is 127. The average molecular weight is 371 g/mol. The van der Waals surface area contributed by atoms with Gasteiger partial charge in [0.1, 0.15) is 0 Å². The lowest BCUT2D eigenvalue weighted by molar-refractivity contribution is 0.385. The van der Waals surface area contributed by atoms with E-state index in [1.54, 1.807) is 12.1 Å². The van der Waals surface area contributed by atoms with Gasteiger partial charge in [-0.2, -0.15) is 0 Å². The standard InChI is InChI=1S/C15H15FINO/c1-10(18-13-5-3-4-12(17)9-13)11-6-7-14(16)15(8-11)19-2/h3-10,18H,1-2H3. The number of nitrogens with one attached hydrogen (secondary N) is 1. The van der Waals surface area contributed by atoms with Crippen LogP contribution in [0.4, 0.5) is 10.1 Å². The van der Waals surface area contributed by atoms with Crippen LogP contribution in [0.3, 0.4) is 0 Å². The number of hydrogen-bond donors (Lipinski definition) is 1. The van der Waals surface area contributed by atoms with Crippen molar-refractivity contribution >= 4 is 28.3 Å². The minimum Gasteiger partial charge on any atom is -0.494 e. The van der Waals surface area contributed by atoms with Gasteiger partial charge in [0.05, 0.1) is 7.11 Å². The molecule has 0 aliphatic rings. The van der Waals surface area contributed by atoms with Crippen LogP contribution in [0.5, 0.6) is 5.75 Å². The minimum atomic E-state index is -0.340. The van der Waals surface area contributed by atoms with E-state index in [0.717, 1.165) is 11.3 Å². The predicted molar refractivity (Wildman–Crippen MR) is 84.1 cm³/mol. The molecule has 2 aromatic carbocycles. The summed E-state index contributed by atoms with van der Waals surface area (Å²) in [5.74, 6) is -0.0681. The van der Waals surface area contributed by atoms with Gasteiger partial charge in [-0.25, -0.2) is 4.39 Å². The van der Waals surface area contributed by atoms with Gasteiger partial charge in [0.15, 0.2) is 11.6 Å². The van der Waals surface area contributed by atoms with Crippen LogP contribution in [0.25, 0.3) is 0 Å². The number of ether oxygens (including phenoxy) is 1. The van der Waals surface area contributed by atoms with Crippen molar-refractivity contribution in [2.75, 3.05) is 12.4 Å². The zero-order valence-corrected chi connectivity index (χ0v) is 12.9. The summed E-state index contributed by atoms with van der Waals surface area (Å²) in [6, 6.07) is 13.1. The molecule has 4 heteroatoms. The van der Waals surface area contributed by atoms with Crippen molar-refractivity contribution in [1.29, 1.82) is 0 Å². The van der Waals surface area contributed by atoms with Gasteiger partial charge in [-0.05, 0) is 65.4 Å². The second-order valence-corrected chi connectivity index (χ2v) is 5.52. The van der Waals surface area contributed by atoms with Crippen LogP contribution in [0.2, 0.25) is 0 Å². The third-order valence-electron chi connectivity index (χ3n) is 2.88. The average Bonchev–Trinajstić information content (AvgIpc) is 2.39. The molecular formula is C15H15FINO. The molecular weight excluding hydrogens is 356 g/mol. The van der Waals surface area contributed by atoms with Gasteiger partial charge in [0, 0.05) is 15.3 Å². The number of methoxy groups -OCH3 is 1. The van der Waals surface area contributed by atoms with Gasteiger partial charge in [-0.1, -0.05) is 12.1 Å². The molecule has 100 valence electrons. The van der Waals surface area contributed by atoms with Crippen molar-refractivity contribution in [2.24, 2.45) is 0 Å². The van der Waals surface area contributed by atoms with Crippen LogP contribution in [-0.4, -0.2) is 7.11 Å². The van der Waals surface area contributed by atoms with Crippen LogP contribution in [0.1, 0.15) is 18.5 Å². The molecule has 1 atom stereocenters. The van der Waals surface area contributed by atoms with E-state index in [-0.39, 0.29) is 17.6 Å². The third kappa shape index (κ3) is 3.59. The SMILES string of the molecule is COc1cc(C(C)Nc2cccc(I)c2)ccc1F. The first-order valence-corrected chi connectivity index (χ1v) is 7.03. The number of halogens is 2. The predicted octanol–water partition coefficient (Wildman–Crippen LogP) is 4.61. The summed E-state index contributed by atoms with van der Waals surface area (Å²) in [5, 5.41) is 3.39. The largest absolute Gasteiger partial charge is 0.494 e. The van der Waals surface area contributed by atoms with E-state index < -0.39 is 0 Å². The van der Waals surface area contributed by atoms with Gasteiger partial charge in [0.25, 0.3) is 0 Å². The molecule has 0 heterocycles. The number of anilines is 1. The topological polar surface area (TPSA) is 21.3 Å². The van der Waals surface area contributed by atoms with Gasteiger partial charge in [0.2, 0.25) is 0 Å². The van der Waals surface area contributed by atoms with Crippen LogP contribution >= 0.6 is 22.6 Å². The Labute approximate surface area is 126 Å². The summed E-state index contributed by atoms with van der Waals surface area (Å²) in [6.07, 6.45) is 0. The lowest BCUT2D eigenvalue weighted by Crippen LogP contribution is -2.07. The Bertz CT molecular complexity index is 574. The normalized spacial score (nSPS) is 12.0. The molecule has 0 aliphatic heterocycles. The van der Waals surface area contributed by atoms with Crippen molar-refractivity contribution < 1.29 is 9.13 Å². The Morgan fingerprint density at radius 3 is 2.68 bits per heavy atom. The maximum absolute atomic E-state index is 13.4. The number of hydrogen-bond acceptors (Lipinski definition) is 2. The highest BCUT2D eigenvalue weighted by Gasteiger charge is 2.09. The van der Waals surface area contributed by atoms with E-state index in [2.05, 4.69) is 34.0 Å². The highest BCUT2D eigenvalue weighted by Crippen LogP contribution is 2.25. The lowest BCUT2D eigenvalue weighted by Gasteiger charge is -2.17. The Kier molecular flexibility index (Phi) is 4.63. The number of rotatable bonds is 4. The molecule has 1 N–H and O–H groups in total. The van der Waals surface area contributed by atoms with Crippen molar-refractivity contribution in [1.82, 2.24) is 0 Å². The lowest BCUT2D eigenvalue weighted by atomic mass is 10.1. The maximum atomic E-state index is 13.4. The molecule has 2 aromatic rings. The summed E-state index contributed by atoms with van der Waals surface area (Å²) in [4.78, 5) is 0. The molecule has 0 saturated carbocycles. The molecule has 0 aromatic heterocycles. The van der Waals surface area contributed by atoms with Crippen LogP contribution in [0.15, 0.2) is 42.5 Å². The summed E-state index contributed by atoms with van der Waals surface area (Å²) in [6.45, 7) is 2.03. The van der Waals surface area contributed by atoms with Crippen LogP contribution in [0, 0.1) is 9.39 Å².